The van der Waals surface area contributed by atoms with Crippen LogP contribution in [0.3, 0.4) is 0 Å². The maximum atomic E-state index is 11.7. The Morgan fingerprint density at radius 3 is 2.26 bits per heavy atom. The molecule has 23 heavy (non-hydrogen) atoms. The molecule has 0 spiro atoms. The Balaban J connectivity index is 1.63. The van der Waals surface area contributed by atoms with Gasteiger partial charge >= 0.3 is 6.03 Å². The van der Waals surface area contributed by atoms with Crippen LogP contribution in [-0.2, 0) is 12.8 Å². The molecule has 2 rings (SSSR count). The number of urea groups is 1. The van der Waals surface area contributed by atoms with E-state index in [0.29, 0.717) is 18.1 Å². The first-order valence-corrected chi connectivity index (χ1v) is 7.94. The van der Waals surface area contributed by atoms with E-state index in [4.69, 9.17) is 16.3 Å². The van der Waals surface area contributed by atoms with Crippen LogP contribution in [0, 0.1) is 0 Å². The van der Waals surface area contributed by atoms with Crippen LogP contribution in [0.2, 0.25) is 5.02 Å². The Labute approximate surface area is 141 Å². The minimum absolute atomic E-state index is 0.152. The first kappa shape index (κ1) is 17.2. The minimum atomic E-state index is -0.152. The van der Waals surface area contributed by atoms with E-state index in [2.05, 4.69) is 10.6 Å². The smallest absolute Gasteiger partial charge is 0.314 e. The lowest BCUT2D eigenvalue weighted by Crippen LogP contribution is -2.37. The van der Waals surface area contributed by atoms with E-state index in [1.807, 2.05) is 48.5 Å². The Kier molecular flexibility index (Phi) is 6.76. The molecule has 122 valence electrons. The molecule has 4 nitrogen and oxygen atoms in total. The highest BCUT2D eigenvalue weighted by Crippen LogP contribution is 2.11. The normalized spacial score (nSPS) is 10.2. The third-order valence-electron chi connectivity index (χ3n) is 3.45. The van der Waals surface area contributed by atoms with Crippen LogP contribution in [0.5, 0.6) is 5.75 Å². The Bertz CT molecular complexity index is 629. The fraction of sp³-hybridized carbons (Fsp3) is 0.278. The second-order valence-electron chi connectivity index (χ2n) is 5.16. The molecule has 0 aliphatic carbocycles. The van der Waals surface area contributed by atoms with Crippen molar-refractivity contribution in [2.75, 3.05) is 20.2 Å². The van der Waals surface area contributed by atoms with E-state index in [1.165, 1.54) is 0 Å². The van der Waals surface area contributed by atoms with Gasteiger partial charge in [-0.25, -0.2) is 4.79 Å². The molecule has 0 aliphatic rings. The lowest BCUT2D eigenvalue weighted by Gasteiger charge is -2.08. The van der Waals surface area contributed by atoms with Gasteiger partial charge in [0.15, 0.2) is 0 Å². The van der Waals surface area contributed by atoms with Crippen LogP contribution in [0.1, 0.15) is 11.1 Å². The number of hydrogen-bond donors (Lipinski definition) is 2. The summed E-state index contributed by atoms with van der Waals surface area (Å²) in [7, 11) is 1.64. The van der Waals surface area contributed by atoms with Crippen molar-refractivity contribution in [1.29, 1.82) is 0 Å². The van der Waals surface area contributed by atoms with Crippen molar-refractivity contribution in [1.82, 2.24) is 10.6 Å². The van der Waals surface area contributed by atoms with Crippen molar-refractivity contribution in [3.8, 4) is 5.75 Å². The molecular weight excluding hydrogens is 312 g/mol. The molecule has 0 heterocycles. The lowest BCUT2D eigenvalue weighted by molar-refractivity contribution is 0.241. The second-order valence-corrected chi connectivity index (χ2v) is 5.60. The molecule has 0 atom stereocenters. The molecule has 2 aromatic rings. The molecular formula is C18H21ClN2O2. The topological polar surface area (TPSA) is 50.4 Å². The number of rotatable bonds is 7. The molecule has 0 fully saturated rings. The summed E-state index contributed by atoms with van der Waals surface area (Å²) < 4.78 is 5.11. The van der Waals surface area contributed by atoms with Gasteiger partial charge in [0.05, 0.1) is 7.11 Å². The Morgan fingerprint density at radius 2 is 1.65 bits per heavy atom. The number of ether oxygens (including phenoxy) is 1. The molecule has 0 saturated carbocycles. The van der Waals surface area contributed by atoms with Crippen LogP contribution in [0.4, 0.5) is 4.79 Å². The van der Waals surface area contributed by atoms with Crippen molar-refractivity contribution in [3.63, 3.8) is 0 Å². The molecule has 0 unspecified atom stereocenters. The molecule has 0 saturated heterocycles. The summed E-state index contributed by atoms with van der Waals surface area (Å²) in [6.45, 7) is 1.17. The monoisotopic (exact) mass is 332 g/mol. The molecule has 0 bridgehead atoms. The van der Waals surface area contributed by atoms with Gasteiger partial charge < -0.3 is 15.4 Å². The maximum Gasteiger partial charge on any atom is 0.314 e. The molecule has 0 aliphatic heterocycles. The van der Waals surface area contributed by atoms with E-state index >= 15 is 0 Å². The number of methoxy groups -OCH3 is 1. The van der Waals surface area contributed by atoms with Crippen LogP contribution in [0.15, 0.2) is 48.5 Å². The zero-order valence-electron chi connectivity index (χ0n) is 13.1. The number of nitrogens with one attached hydrogen (secondary N) is 2. The second kappa shape index (κ2) is 9.06. The number of benzene rings is 2. The number of halogens is 1. The summed E-state index contributed by atoms with van der Waals surface area (Å²) in [5, 5.41) is 6.41. The first-order valence-electron chi connectivity index (χ1n) is 7.56. The summed E-state index contributed by atoms with van der Waals surface area (Å²) >= 11 is 5.92. The highest BCUT2D eigenvalue weighted by atomic mass is 35.5. The van der Waals surface area contributed by atoms with Crippen molar-refractivity contribution in [2.45, 2.75) is 12.8 Å². The van der Waals surface area contributed by atoms with E-state index in [1.54, 1.807) is 7.11 Å². The summed E-state index contributed by atoms with van der Waals surface area (Å²) in [5.74, 6) is 0.834. The van der Waals surface area contributed by atoms with Gasteiger partial charge in [-0.1, -0.05) is 35.9 Å². The fourth-order valence-corrected chi connectivity index (χ4v) is 2.40. The van der Waals surface area contributed by atoms with Crippen molar-refractivity contribution in [2.24, 2.45) is 0 Å². The van der Waals surface area contributed by atoms with E-state index in [0.717, 1.165) is 29.7 Å². The third kappa shape index (κ3) is 6.20. The van der Waals surface area contributed by atoms with E-state index < -0.39 is 0 Å². The molecule has 2 amide bonds. The summed E-state index contributed by atoms with van der Waals surface area (Å²) in [6, 6.07) is 15.3. The van der Waals surface area contributed by atoms with Crippen LogP contribution >= 0.6 is 11.6 Å². The molecule has 0 radical (unpaired) electrons. The van der Waals surface area contributed by atoms with Gasteiger partial charge in [-0.05, 0) is 48.2 Å². The predicted molar refractivity (Wildman–Crippen MR) is 93.3 cm³/mol. The minimum Gasteiger partial charge on any atom is -0.497 e. The first-order chi connectivity index (χ1) is 11.2. The van der Waals surface area contributed by atoms with Crippen molar-refractivity contribution >= 4 is 17.6 Å². The van der Waals surface area contributed by atoms with E-state index in [9.17, 15) is 4.79 Å². The maximum absolute atomic E-state index is 11.7. The molecule has 2 N–H and O–H groups in total. The fourth-order valence-electron chi connectivity index (χ4n) is 2.19. The van der Waals surface area contributed by atoms with Gasteiger partial charge in [0.1, 0.15) is 5.75 Å². The summed E-state index contributed by atoms with van der Waals surface area (Å²) in [4.78, 5) is 11.7. The quantitative estimate of drug-likeness (QED) is 0.816. The molecule has 5 heteroatoms. The van der Waals surface area contributed by atoms with Crippen molar-refractivity contribution < 1.29 is 9.53 Å². The largest absolute Gasteiger partial charge is 0.497 e. The predicted octanol–water partition coefficient (Wildman–Crippen LogP) is 3.43. The zero-order chi connectivity index (χ0) is 16.5. The highest BCUT2D eigenvalue weighted by Gasteiger charge is 2.01. The third-order valence-corrected chi connectivity index (χ3v) is 3.68. The highest BCUT2D eigenvalue weighted by molar-refractivity contribution is 6.30. The van der Waals surface area contributed by atoms with Gasteiger partial charge in [0.2, 0.25) is 0 Å². The standard InChI is InChI=1S/C18H21ClN2O2/c1-23-17-7-5-14(6-8-17)9-11-20-18(22)21-12-10-15-3-2-4-16(19)13-15/h2-8,13H,9-12H2,1H3,(H2,20,21,22). The average molecular weight is 333 g/mol. The SMILES string of the molecule is COc1ccc(CCNC(=O)NCCc2cccc(Cl)c2)cc1. The van der Waals surface area contributed by atoms with Gasteiger partial charge in [0, 0.05) is 18.1 Å². The van der Waals surface area contributed by atoms with Crippen LogP contribution in [-0.4, -0.2) is 26.2 Å². The van der Waals surface area contributed by atoms with E-state index in [-0.39, 0.29) is 6.03 Å². The Morgan fingerprint density at radius 1 is 1.00 bits per heavy atom. The molecule has 2 aromatic carbocycles. The number of carbonyl (C=O) groups is 1. The van der Waals surface area contributed by atoms with Gasteiger partial charge in [-0.3, -0.25) is 0 Å². The average Bonchev–Trinajstić information content (AvgIpc) is 2.55. The zero-order valence-corrected chi connectivity index (χ0v) is 13.9. The van der Waals surface area contributed by atoms with Gasteiger partial charge in [0.25, 0.3) is 0 Å². The summed E-state index contributed by atoms with van der Waals surface area (Å²) in [5.41, 5.74) is 2.26. The number of carbonyl (C=O) groups excluding carboxylic acids is 1. The molecule has 0 aromatic heterocycles. The van der Waals surface area contributed by atoms with Crippen molar-refractivity contribution in [3.05, 3.63) is 64.7 Å². The van der Waals surface area contributed by atoms with Crippen LogP contribution < -0.4 is 15.4 Å². The lowest BCUT2D eigenvalue weighted by atomic mass is 10.1. The van der Waals surface area contributed by atoms with Gasteiger partial charge in [-0.2, -0.15) is 0 Å². The summed E-state index contributed by atoms with van der Waals surface area (Å²) in [6.07, 6.45) is 1.54. The number of hydrogen-bond acceptors (Lipinski definition) is 2. The van der Waals surface area contributed by atoms with Crippen LogP contribution in [0.25, 0.3) is 0 Å². The van der Waals surface area contributed by atoms with Gasteiger partial charge in [-0.15, -0.1) is 0 Å². The number of amides is 2. The Hall–Kier alpha value is -2.20.